The number of para-hydroxylation sites is 1. The van der Waals surface area contributed by atoms with Crippen molar-refractivity contribution in [3.63, 3.8) is 0 Å². The molecule has 0 saturated carbocycles. The molecule has 0 bridgehead atoms. The van der Waals surface area contributed by atoms with E-state index in [0.29, 0.717) is 5.75 Å². The molecule has 0 heterocycles. The van der Waals surface area contributed by atoms with Gasteiger partial charge in [-0.2, -0.15) is 0 Å². The van der Waals surface area contributed by atoms with Crippen LogP contribution in [0.1, 0.15) is 11.1 Å². The number of halogens is 2. The molecule has 0 unspecified atom stereocenters. The third-order valence-electron chi connectivity index (χ3n) is 2.80. The summed E-state index contributed by atoms with van der Waals surface area (Å²) in [5, 5.41) is 0. The average Bonchev–Trinajstić information content (AvgIpc) is 2.45. The fraction of sp³-hybridized carbons (Fsp3) is 0.118. The van der Waals surface area contributed by atoms with Gasteiger partial charge in [0, 0.05) is 16.3 Å². The van der Waals surface area contributed by atoms with Crippen LogP contribution in [0.3, 0.4) is 0 Å². The Bertz CT molecular complexity index is 717. The second-order valence-electron chi connectivity index (χ2n) is 4.34. The Morgan fingerprint density at radius 2 is 2.05 bits per heavy atom. The summed E-state index contributed by atoms with van der Waals surface area (Å²) < 4.78 is 7.37. The second kappa shape index (κ2) is 7.44. The highest BCUT2D eigenvalue weighted by Gasteiger charge is 2.08. The summed E-state index contributed by atoms with van der Waals surface area (Å²) in [5.74, 6) is 3.16. The lowest BCUT2D eigenvalue weighted by Crippen LogP contribution is -1.98. The number of aliphatic imine (C=N–C) groups is 1. The zero-order valence-electron chi connectivity index (χ0n) is 11.4. The molecular formula is C17H13Br2NO. The van der Waals surface area contributed by atoms with E-state index in [9.17, 15) is 0 Å². The lowest BCUT2D eigenvalue weighted by molar-refractivity contribution is 0.367. The first-order valence-corrected chi connectivity index (χ1v) is 7.85. The molecule has 2 nitrogen and oxygen atoms in total. The van der Waals surface area contributed by atoms with E-state index in [1.54, 1.807) is 6.21 Å². The Kier molecular flexibility index (Phi) is 5.60. The zero-order valence-corrected chi connectivity index (χ0v) is 14.6. The number of hydrogen-bond acceptors (Lipinski definition) is 2. The van der Waals surface area contributed by atoms with Gasteiger partial charge in [-0.3, -0.25) is 4.99 Å². The van der Waals surface area contributed by atoms with Crippen LogP contribution >= 0.6 is 31.9 Å². The minimum Gasteiger partial charge on any atom is -0.479 e. The van der Waals surface area contributed by atoms with Crippen molar-refractivity contribution < 1.29 is 4.74 Å². The molecule has 0 aromatic heterocycles. The lowest BCUT2D eigenvalue weighted by Gasteiger charge is -2.09. The molecule has 0 aliphatic rings. The standard InChI is InChI=1S/C17H13Br2NO/c1-3-8-21-17-13(9-14(18)10-15(17)19)11-20-16-7-5-4-6-12(16)2/h1,4-7,9-11H,8H2,2H3. The molecule has 0 saturated heterocycles. The lowest BCUT2D eigenvalue weighted by atomic mass is 10.2. The van der Waals surface area contributed by atoms with Crippen molar-refractivity contribution in [3.8, 4) is 18.1 Å². The fourth-order valence-electron chi connectivity index (χ4n) is 1.79. The molecular weight excluding hydrogens is 394 g/mol. The Morgan fingerprint density at radius 3 is 2.76 bits per heavy atom. The number of nitrogens with zero attached hydrogens (tertiary/aromatic N) is 1. The van der Waals surface area contributed by atoms with E-state index in [2.05, 4.69) is 42.8 Å². The van der Waals surface area contributed by atoms with Gasteiger partial charge in [0.15, 0.2) is 0 Å². The van der Waals surface area contributed by atoms with Crippen LogP contribution in [0.5, 0.6) is 5.75 Å². The number of rotatable bonds is 4. The molecule has 0 aliphatic carbocycles. The molecule has 2 aromatic carbocycles. The van der Waals surface area contributed by atoms with Gasteiger partial charge in [-0.15, -0.1) is 6.42 Å². The Morgan fingerprint density at radius 1 is 1.29 bits per heavy atom. The van der Waals surface area contributed by atoms with Crippen LogP contribution in [-0.4, -0.2) is 12.8 Å². The molecule has 0 fully saturated rings. The van der Waals surface area contributed by atoms with E-state index in [-0.39, 0.29) is 6.61 Å². The van der Waals surface area contributed by atoms with Gasteiger partial charge in [0.2, 0.25) is 0 Å². The van der Waals surface area contributed by atoms with Crippen LogP contribution in [0.25, 0.3) is 0 Å². The van der Waals surface area contributed by atoms with E-state index in [4.69, 9.17) is 11.2 Å². The highest BCUT2D eigenvalue weighted by molar-refractivity contribution is 9.11. The number of aryl methyl sites for hydroxylation is 1. The molecule has 106 valence electrons. The zero-order chi connectivity index (χ0) is 15.2. The SMILES string of the molecule is C#CCOc1c(Br)cc(Br)cc1C=Nc1ccccc1C. The molecule has 0 radical (unpaired) electrons. The minimum absolute atomic E-state index is 0.214. The van der Waals surface area contributed by atoms with Crippen molar-refractivity contribution in [3.05, 3.63) is 56.5 Å². The van der Waals surface area contributed by atoms with Crippen molar-refractivity contribution in [2.75, 3.05) is 6.61 Å². The van der Waals surface area contributed by atoms with Gasteiger partial charge < -0.3 is 4.74 Å². The Balaban J connectivity index is 2.39. The highest BCUT2D eigenvalue weighted by atomic mass is 79.9. The summed E-state index contributed by atoms with van der Waals surface area (Å²) in [7, 11) is 0. The average molecular weight is 407 g/mol. The maximum atomic E-state index is 5.60. The van der Waals surface area contributed by atoms with Gasteiger partial charge in [0.25, 0.3) is 0 Å². The maximum absolute atomic E-state index is 5.60. The molecule has 21 heavy (non-hydrogen) atoms. The van der Waals surface area contributed by atoms with E-state index < -0.39 is 0 Å². The van der Waals surface area contributed by atoms with Gasteiger partial charge in [0.1, 0.15) is 12.4 Å². The summed E-state index contributed by atoms with van der Waals surface area (Å²) in [5.41, 5.74) is 2.90. The van der Waals surface area contributed by atoms with Crippen LogP contribution in [0.4, 0.5) is 5.69 Å². The summed E-state index contributed by atoms with van der Waals surface area (Å²) in [6.07, 6.45) is 7.04. The predicted molar refractivity (Wildman–Crippen MR) is 94.6 cm³/mol. The predicted octanol–water partition coefficient (Wildman–Crippen LogP) is 5.28. The molecule has 0 amide bonds. The Hall–Kier alpha value is -1.57. The van der Waals surface area contributed by atoms with E-state index >= 15 is 0 Å². The van der Waals surface area contributed by atoms with E-state index in [1.165, 1.54) is 0 Å². The minimum atomic E-state index is 0.214. The molecule has 0 aliphatic heterocycles. The van der Waals surface area contributed by atoms with E-state index in [1.807, 2.05) is 43.3 Å². The molecule has 4 heteroatoms. The molecule has 2 rings (SSSR count). The largest absolute Gasteiger partial charge is 0.479 e. The summed E-state index contributed by atoms with van der Waals surface area (Å²) in [6, 6.07) is 11.8. The Labute approximate surface area is 141 Å². The van der Waals surface area contributed by atoms with Gasteiger partial charge >= 0.3 is 0 Å². The fourth-order valence-corrected chi connectivity index (χ4v) is 3.16. The van der Waals surface area contributed by atoms with Gasteiger partial charge in [-0.05, 0) is 46.6 Å². The first-order chi connectivity index (χ1) is 10.1. The first kappa shape index (κ1) is 15.8. The smallest absolute Gasteiger partial charge is 0.148 e. The number of terminal acetylenes is 1. The van der Waals surface area contributed by atoms with Crippen LogP contribution in [0.15, 0.2) is 50.3 Å². The number of hydrogen-bond donors (Lipinski definition) is 0. The van der Waals surface area contributed by atoms with Crippen molar-refractivity contribution in [1.82, 2.24) is 0 Å². The van der Waals surface area contributed by atoms with Crippen LogP contribution in [0.2, 0.25) is 0 Å². The van der Waals surface area contributed by atoms with Crippen LogP contribution < -0.4 is 4.74 Å². The number of ether oxygens (including phenoxy) is 1. The van der Waals surface area contributed by atoms with Crippen LogP contribution in [0, 0.1) is 19.3 Å². The van der Waals surface area contributed by atoms with E-state index in [0.717, 1.165) is 25.8 Å². The molecule has 0 N–H and O–H groups in total. The quantitative estimate of drug-likeness (QED) is 0.499. The summed E-state index contributed by atoms with van der Waals surface area (Å²) in [6.45, 7) is 2.24. The first-order valence-electron chi connectivity index (χ1n) is 6.27. The summed E-state index contributed by atoms with van der Waals surface area (Å²) in [4.78, 5) is 4.53. The van der Waals surface area contributed by atoms with Crippen molar-refractivity contribution in [1.29, 1.82) is 0 Å². The van der Waals surface area contributed by atoms with Gasteiger partial charge in [0.05, 0.1) is 10.2 Å². The van der Waals surface area contributed by atoms with Crippen molar-refractivity contribution in [2.24, 2.45) is 4.99 Å². The normalized spacial score (nSPS) is 10.6. The third kappa shape index (κ3) is 4.20. The topological polar surface area (TPSA) is 21.6 Å². The third-order valence-corrected chi connectivity index (χ3v) is 3.84. The van der Waals surface area contributed by atoms with Crippen molar-refractivity contribution >= 4 is 43.8 Å². The van der Waals surface area contributed by atoms with Crippen molar-refractivity contribution in [2.45, 2.75) is 6.92 Å². The number of benzene rings is 2. The monoisotopic (exact) mass is 405 g/mol. The molecule has 0 atom stereocenters. The van der Waals surface area contributed by atoms with Gasteiger partial charge in [-0.25, -0.2) is 0 Å². The second-order valence-corrected chi connectivity index (χ2v) is 6.11. The highest BCUT2D eigenvalue weighted by Crippen LogP contribution is 2.32. The summed E-state index contributed by atoms with van der Waals surface area (Å²) >= 11 is 6.95. The molecule has 0 spiro atoms. The molecule has 2 aromatic rings. The maximum Gasteiger partial charge on any atom is 0.148 e. The van der Waals surface area contributed by atoms with Crippen LogP contribution in [-0.2, 0) is 0 Å². The van der Waals surface area contributed by atoms with Gasteiger partial charge in [-0.1, -0.05) is 40.0 Å².